The molecule has 1 atom stereocenters. The molecule has 0 aliphatic heterocycles. The summed E-state index contributed by atoms with van der Waals surface area (Å²) in [5.74, 6) is 0. The van der Waals surface area contributed by atoms with Crippen LogP contribution in [0, 0.1) is 0 Å². The van der Waals surface area contributed by atoms with E-state index in [2.05, 4.69) is 5.32 Å². The summed E-state index contributed by atoms with van der Waals surface area (Å²) in [5, 5.41) is 2.69. The number of hydrogen-bond donors (Lipinski definition) is 1. The number of nitrogens with one attached hydrogen (secondary N) is 1. The number of ether oxygens (including phenoxy) is 1. The normalized spacial score (nSPS) is 13.6. The van der Waals surface area contributed by atoms with E-state index in [0.29, 0.717) is 12.2 Å². The standard InChI is InChI=1S/C13H18F3NO/c1-17-12(9-13(14,15)16)11-5-3-10(4-6-11)7-8-18-2/h3-6,12,17H,7-9H2,1-2H3. The van der Waals surface area contributed by atoms with E-state index in [0.717, 1.165) is 12.0 Å². The Kier molecular flexibility index (Phi) is 5.62. The molecule has 0 heterocycles. The lowest BCUT2D eigenvalue weighted by Gasteiger charge is -2.18. The maximum absolute atomic E-state index is 12.4. The first-order valence-electron chi connectivity index (χ1n) is 5.78. The average Bonchev–Trinajstić information content (AvgIpc) is 2.33. The van der Waals surface area contributed by atoms with Gasteiger partial charge in [-0.25, -0.2) is 0 Å². The molecule has 0 bridgehead atoms. The molecule has 0 spiro atoms. The molecular formula is C13H18F3NO. The fraction of sp³-hybridized carbons (Fsp3) is 0.538. The van der Waals surface area contributed by atoms with Crippen LogP contribution in [0.25, 0.3) is 0 Å². The molecule has 1 unspecified atom stereocenters. The van der Waals surface area contributed by atoms with E-state index in [1.807, 2.05) is 12.1 Å². The van der Waals surface area contributed by atoms with Crippen molar-refractivity contribution in [3.63, 3.8) is 0 Å². The number of alkyl halides is 3. The average molecular weight is 261 g/mol. The summed E-state index contributed by atoms with van der Waals surface area (Å²) >= 11 is 0. The molecular weight excluding hydrogens is 243 g/mol. The van der Waals surface area contributed by atoms with Gasteiger partial charge in [-0.3, -0.25) is 0 Å². The van der Waals surface area contributed by atoms with Gasteiger partial charge in [0, 0.05) is 13.2 Å². The number of halogens is 3. The highest BCUT2D eigenvalue weighted by molar-refractivity contribution is 5.25. The molecule has 0 amide bonds. The monoisotopic (exact) mass is 261 g/mol. The molecule has 0 saturated carbocycles. The van der Waals surface area contributed by atoms with Gasteiger partial charge in [0.1, 0.15) is 0 Å². The predicted octanol–water partition coefficient (Wildman–Crippen LogP) is 3.09. The Labute approximate surface area is 105 Å². The van der Waals surface area contributed by atoms with Gasteiger partial charge in [-0.1, -0.05) is 24.3 Å². The van der Waals surface area contributed by atoms with Gasteiger partial charge in [0.05, 0.1) is 13.0 Å². The predicted molar refractivity (Wildman–Crippen MR) is 64.5 cm³/mol. The van der Waals surface area contributed by atoms with Crippen LogP contribution in [0.3, 0.4) is 0 Å². The molecule has 1 aromatic carbocycles. The maximum Gasteiger partial charge on any atom is 0.390 e. The smallest absolute Gasteiger partial charge is 0.384 e. The third-order valence-electron chi connectivity index (χ3n) is 2.76. The SMILES string of the molecule is CNC(CC(F)(F)F)c1ccc(CCOC)cc1. The third-order valence-corrected chi connectivity index (χ3v) is 2.76. The topological polar surface area (TPSA) is 21.3 Å². The van der Waals surface area contributed by atoms with Crippen molar-refractivity contribution in [2.24, 2.45) is 0 Å². The maximum atomic E-state index is 12.4. The van der Waals surface area contributed by atoms with Crippen molar-refractivity contribution < 1.29 is 17.9 Å². The lowest BCUT2D eigenvalue weighted by molar-refractivity contribution is -0.140. The minimum absolute atomic E-state index is 0.608. The lowest BCUT2D eigenvalue weighted by Crippen LogP contribution is -2.23. The van der Waals surface area contributed by atoms with E-state index in [1.54, 1.807) is 19.2 Å². The molecule has 0 aliphatic carbocycles. The fourth-order valence-corrected chi connectivity index (χ4v) is 1.75. The van der Waals surface area contributed by atoms with Crippen LogP contribution in [0.2, 0.25) is 0 Å². The van der Waals surface area contributed by atoms with E-state index in [1.165, 1.54) is 7.05 Å². The third kappa shape index (κ3) is 5.06. The quantitative estimate of drug-likeness (QED) is 0.849. The molecule has 2 nitrogen and oxygen atoms in total. The van der Waals surface area contributed by atoms with Crippen LogP contribution in [0.15, 0.2) is 24.3 Å². The molecule has 0 fully saturated rings. The summed E-state index contributed by atoms with van der Waals surface area (Å²) in [6.45, 7) is 0.608. The van der Waals surface area contributed by atoms with Crippen molar-refractivity contribution in [1.29, 1.82) is 0 Å². The lowest BCUT2D eigenvalue weighted by atomic mass is 10.0. The molecule has 0 radical (unpaired) electrons. The van der Waals surface area contributed by atoms with Crippen LogP contribution < -0.4 is 5.32 Å². The highest BCUT2D eigenvalue weighted by Crippen LogP contribution is 2.29. The van der Waals surface area contributed by atoms with Crippen LogP contribution in [-0.4, -0.2) is 26.9 Å². The molecule has 0 saturated heterocycles. The number of benzene rings is 1. The van der Waals surface area contributed by atoms with Gasteiger partial charge < -0.3 is 10.1 Å². The summed E-state index contributed by atoms with van der Waals surface area (Å²) < 4.78 is 42.1. The highest BCUT2D eigenvalue weighted by atomic mass is 19.4. The van der Waals surface area contributed by atoms with E-state index in [9.17, 15) is 13.2 Å². The van der Waals surface area contributed by atoms with E-state index in [4.69, 9.17) is 4.74 Å². The van der Waals surface area contributed by atoms with Crippen molar-refractivity contribution in [2.45, 2.75) is 25.1 Å². The highest BCUT2D eigenvalue weighted by Gasteiger charge is 2.31. The van der Waals surface area contributed by atoms with Crippen LogP contribution in [0.4, 0.5) is 13.2 Å². The van der Waals surface area contributed by atoms with Gasteiger partial charge in [0.2, 0.25) is 0 Å². The minimum atomic E-state index is -4.16. The molecule has 1 aromatic rings. The van der Waals surface area contributed by atoms with Gasteiger partial charge >= 0.3 is 6.18 Å². The molecule has 0 aliphatic rings. The van der Waals surface area contributed by atoms with E-state index >= 15 is 0 Å². The molecule has 5 heteroatoms. The Hall–Kier alpha value is -1.07. The summed E-state index contributed by atoms with van der Waals surface area (Å²) in [6.07, 6.45) is -4.26. The first-order chi connectivity index (χ1) is 8.46. The molecule has 0 aromatic heterocycles. The Bertz CT molecular complexity index is 348. The molecule has 18 heavy (non-hydrogen) atoms. The summed E-state index contributed by atoms with van der Waals surface area (Å²) in [4.78, 5) is 0. The summed E-state index contributed by atoms with van der Waals surface area (Å²) in [6, 6.07) is 6.46. The fourth-order valence-electron chi connectivity index (χ4n) is 1.75. The number of rotatable bonds is 6. The second-order valence-corrected chi connectivity index (χ2v) is 4.14. The zero-order chi connectivity index (χ0) is 13.6. The van der Waals surface area contributed by atoms with Crippen molar-refractivity contribution in [3.8, 4) is 0 Å². The van der Waals surface area contributed by atoms with Gasteiger partial charge in [-0.05, 0) is 24.6 Å². The molecule has 1 rings (SSSR count). The van der Waals surface area contributed by atoms with Gasteiger partial charge in [-0.2, -0.15) is 13.2 Å². The van der Waals surface area contributed by atoms with Crippen molar-refractivity contribution in [3.05, 3.63) is 35.4 Å². The first kappa shape index (κ1) is 15.0. The van der Waals surface area contributed by atoms with E-state index < -0.39 is 18.6 Å². The molecule has 102 valence electrons. The molecule has 1 N–H and O–H groups in total. The van der Waals surface area contributed by atoms with Gasteiger partial charge in [0.15, 0.2) is 0 Å². The van der Waals surface area contributed by atoms with Crippen molar-refractivity contribution >= 4 is 0 Å². The Morgan fingerprint density at radius 2 is 1.83 bits per heavy atom. The van der Waals surface area contributed by atoms with Gasteiger partial charge in [-0.15, -0.1) is 0 Å². The summed E-state index contributed by atoms with van der Waals surface area (Å²) in [5.41, 5.74) is 1.71. The van der Waals surface area contributed by atoms with Crippen molar-refractivity contribution in [2.75, 3.05) is 20.8 Å². The van der Waals surface area contributed by atoms with Crippen LogP contribution in [-0.2, 0) is 11.2 Å². The Balaban J connectivity index is 2.69. The van der Waals surface area contributed by atoms with Crippen LogP contribution in [0.5, 0.6) is 0 Å². The number of hydrogen-bond acceptors (Lipinski definition) is 2. The van der Waals surface area contributed by atoms with Crippen LogP contribution in [0.1, 0.15) is 23.6 Å². The Morgan fingerprint density at radius 1 is 1.22 bits per heavy atom. The van der Waals surface area contributed by atoms with Gasteiger partial charge in [0.25, 0.3) is 0 Å². The second-order valence-electron chi connectivity index (χ2n) is 4.14. The Morgan fingerprint density at radius 3 is 2.28 bits per heavy atom. The van der Waals surface area contributed by atoms with Crippen molar-refractivity contribution in [1.82, 2.24) is 5.32 Å². The second kappa shape index (κ2) is 6.75. The largest absolute Gasteiger partial charge is 0.390 e. The zero-order valence-electron chi connectivity index (χ0n) is 10.6. The number of methoxy groups -OCH3 is 1. The summed E-state index contributed by atoms with van der Waals surface area (Å²) in [7, 11) is 3.16. The zero-order valence-corrected chi connectivity index (χ0v) is 10.6. The van der Waals surface area contributed by atoms with E-state index in [-0.39, 0.29) is 0 Å². The van der Waals surface area contributed by atoms with Crippen LogP contribution >= 0.6 is 0 Å². The minimum Gasteiger partial charge on any atom is -0.384 e. The first-order valence-corrected chi connectivity index (χ1v) is 5.78.